The van der Waals surface area contributed by atoms with E-state index in [9.17, 15) is 38.7 Å². The van der Waals surface area contributed by atoms with E-state index in [4.69, 9.17) is 0 Å². The van der Waals surface area contributed by atoms with E-state index in [0.717, 1.165) is 6.16 Å². The number of carbonyl (C=O) groups is 7. The molecule has 5 amide bonds. The molecule has 0 radical (unpaired) electrons. The van der Waals surface area contributed by atoms with Gasteiger partial charge >= 0.3 is 5.97 Å². The number of aromatic nitrogens is 2. The molecule has 0 bridgehead atoms. The number of benzene rings is 1. The Morgan fingerprint density at radius 1 is 0.778 bits per heavy atom. The number of hydrogen-bond donors (Lipinski definition) is 6. The molecule has 0 saturated heterocycles. The lowest BCUT2D eigenvalue weighted by Gasteiger charge is -2.22. The Bertz CT molecular complexity index is 1450. The fourth-order valence-electron chi connectivity index (χ4n) is 5.15. The van der Waals surface area contributed by atoms with E-state index in [1.165, 1.54) is 57.1 Å². The normalized spacial score (nSPS) is 13.7. The monoisotopic (exact) mass is 773 g/mol. The van der Waals surface area contributed by atoms with Crippen LogP contribution in [0.2, 0.25) is 0 Å². The molecule has 1 fully saturated rings. The largest absolute Gasteiger partial charge is 0.479 e. The molecule has 4 atom stereocenters. The maximum absolute atomic E-state index is 13.4. The van der Waals surface area contributed by atoms with Gasteiger partial charge < -0.3 is 36.0 Å². The molecule has 16 heteroatoms. The first-order valence-corrected chi connectivity index (χ1v) is 20.1. The molecule has 300 valence electrons. The highest BCUT2D eigenvalue weighted by Crippen LogP contribution is 2.16. The molecule has 1 heterocycles. The number of amides is 5. The number of imidazole rings is 1. The van der Waals surface area contributed by atoms with E-state index in [2.05, 4.69) is 45.4 Å². The fraction of sp³-hybridized carbons (Fsp3) is 0.579. The molecule has 1 aromatic heterocycles. The highest BCUT2D eigenvalue weighted by molar-refractivity contribution is 7.36. The zero-order valence-electron chi connectivity index (χ0n) is 32.4. The number of aliphatic carboxylic acids is 1. The van der Waals surface area contributed by atoms with Crippen molar-refractivity contribution in [3.8, 4) is 0 Å². The highest BCUT2D eigenvalue weighted by Gasteiger charge is 2.31. The molecule has 6 N–H and O–H groups in total. The third kappa shape index (κ3) is 19.4. The second-order valence-electron chi connectivity index (χ2n) is 12.7. The Morgan fingerprint density at radius 2 is 1.35 bits per heavy atom. The molecule has 1 aromatic carbocycles. The number of Topliss-reactive ketones (excluding diaryl/α,β-unsaturated/α-hetero) is 1. The van der Waals surface area contributed by atoms with Crippen molar-refractivity contribution in [1.82, 2.24) is 35.9 Å². The summed E-state index contributed by atoms with van der Waals surface area (Å²) in [5, 5.41) is 21.5. The van der Waals surface area contributed by atoms with Crippen LogP contribution in [0, 0.1) is 0 Å². The van der Waals surface area contributed by atoms with E-state index in [1.807, 2.05) is 11.3 Å². The van der Waals surface area contributed by atoms with E-state index >= 15 is 0 Å². The summed E-state index contributed by atoms with van der Waals surface area (Å²) in [5.41, 5.74) is 0.824. The summed E-state index contributed by atoms with van der Waals surface area (Å²) in [6, 6.07) is 4.12. The van der Waals surface area contributed by atoms with Crippen LogP contribution in [-0.4, -0.2) is 87.1 Å². The highest BCUT2D eigenvalue weighted by atomic mass is 31.1. The summed E-state index contributed by atoms with van der Waals surface area (Å²) in [7, 11) is 0.441. The lowest BCUT2D eigenvalue weighted by molar-refractivity contribution is -0.142. The quantitative estimate of drug-likeness (QED) is 0.0907. The second kappa shape index (κ2) is 27.9. The first-order valence-electron chi connectivity index (χ1n) is 18.9. The molecule has 0 aliphatic heterocycles. The summed E-state index contributed by atoms with van der Waals surface area (Å²) in [6.07, 6.45) is 15.1. The molecule has 54 heavy (non-hydrogen) atoms. The Morgan fingerprint density at radius 3 is 1.89 bits per heavy atom. The predicted octanol–water partition coefficient (Wildman–Crippen LogP) is 3.57. The van der Waals surface area contributed by atoms with Crippen molar-refractivity contribution in [2.45, 2.75) is 123 Å². The minimum Gasteiger partial charge on any atom is -0.479 e. The summed E-state index contributed by atoms with van der Waals surface area (Å²) in [6.45, 7) is 8.57. The third-order valence-corrected chi connectivity index (χ3v) is 8.76. The number of rotatable bonds is 19. The van der Waals surface area contributed by atoms with Gasteiger partial charge in [0, 0.05) is 19.0 Å². The van der Waals surface area contributed by atoms with Crippen LogP contribution < -0.4 is 26.6 Å². The minimum absolute atomic E-state index is 0.0218. The van der Waals surface area contributed by atoms with Gasteiger partial charge in [-0.25, -0.2) is 9.78 Å². The number of carboxylic acid groups (broad SMARTS) is 1. The summed E-state index contributed by atoms with van der Waals surface area (Å²) in [5.74, 6) is -6.06. The van der Waals surface area contributed by atoms with Gasteiger partial charge in [-0.15, -0.1) is 0 Å². The minimum atomic E-state index is -1.37. The number of carboxylic acids is 1. The number of nitrogens with one attached hydrogen (secondary N) is 5. The van der Waals surface area contributed by atoms with Crippen LogP contribution >= 0.6 is 8.73 Å². The van der Waals surface area contributed by atoms with Crippen LogP contribution in [0.1, 0.15) is 116 Å². The Kier molecular flexibility index (Phi) is 24.5. The number of nitrogens with zero attached hydrogens (tertiary/aromatic N) is 2. The molecular formula is C38H60N7O8P. The maximum Gasteiger partial charge on any atom is 0.330 e. The standard InChI is InChI=1S/C29H40N7O8P.C6H12.C3H8/c1-4-10-20(26(40)28(42)31-15-24(39)35-25(29(43)44)18-11-8-7-9-12-18)34-27(41)21(33-23(38)14-30-22(37)5-2)13-19-16-36(17-32-19)45-6-3;1-2-4-6-5-3-1;1-3-2/h7-9,11-12,16-17,20-21,25,45H,4-6,10,13-15H2,1-3H3,(H,30,37)(H,31,42)(H,33,38)(H,34,41)(H,35,39)(H,43,44);1-6H2;3H2,1-2H3. The van der Waals surface area contributed by atoms with E-state index in [-0.39, 0.29) is 31.7 Å². The molecule has 4 unspecified atom stereocenters. The molecule has 15 nitrogen and oxygen atoms in total. The van der Waals surface area contributed by atoms with Crippen molar-refractivity contribution in [3.05, 3.63) is 54.1 Å². The third-order valence-electron chi connectivity index (χ3n) is 7.84. The molecule has 0 spiro atoms. The lowest BCUT2D eigenvalue weighted by atomic mass is 10.0. The topological polar surface area (TPSA) is 218 Å². The van der Waals surface area contributed by atoms with Crippen molar-refractivity contribution in [3.63, 3.8) is 0 Å². The molecular weight excluding hydrogens is 713 g/mol. The predicted molar refractivity (Wildman–Crippen MR) is 209 cm³/mol. The van der Waals surface area contributed by atoms with Crippen LogP contribution in [0.3, 0.4) is 0 Å². The zero-order chi connectivity index (χ0) is 40.3. The van der Waals surface area contributed by atoms with Crippen LogP contribution in [0.5, 0.6) is 0 Å². The molecule has 1 saturated carbocycles. The van der Waals surface area contributed by atoms with Gasteiger partial charge in [0.25, 0.3) is 5.91 Å². The Balaban J connectivity index is 0.00000142. The van der Waals surface area contributed by atoms with Gasteiger partial charge in [0.05, 0.1) is 31.2 Å². The first kappa shape index (κ1) is 47.4. The number of ketones is 1. The van der Waals surface area contributed by atoms with Crippen LogP contribution in [0.25, 0.3) is 0 Å². The van der Waals surface area contributed by atoms with E-state index in [0.29, 0.717) is 26.4 Å². The van der Waals surface area contributed by atoms with Gasteiger partial charge in [0.2, 0.25) is 29.4 Å². The van der Waals surface area contributed by atoms with Gasteiger partial charge in [-0.1, -0.05) is 116 Å². The SMILES string of the molecule is C1CCCCC1.CCC.CCCC(NC(=O)C(Cc1cn(PCC)cn1)NC(=O)CNC(=O)CC)C(=O)C(=O)NCC(=O)NC(C(=O)O)c1ccccc1. The molecule has 2 aromatic rings. The van der Waals surface area contributed by atoms with Gasteiger partial charge in [-0.2, -0.15) is 0 Å². The van der Waals surface area contributed by atoms with Crippen LogP contribution in [-0.2, 0) is 40.0 Å². The van der Waals surface area contributed by atoms with Crippen LogP contribution in [0.4, 0.5) is 0 Å². The smallest absolute Gasteiger partial charge is 0.330 e. The second-order valence-corrected chi connectivity index (χ2v) is 14.3. The Labute approximate surface area is 320 Å². The molecule has 1 aliphatic carbocycles. The van der Waals surface area contributed by atoms with Gasteiger partial charge in [-0.3, -0.25) is 28.8 Å². The van der Waals surface area contributed by atoms with Gasteiger partial charge in [-0.05, 0) is 26.9 Å². The van der Waals surface area contributed by atoms with Crippen molar-refractivity contribution in [2.24, 2.45) is 0 Å². The molecule has 3 rings (SSSR count). The van der Waals surface area contributed by atoms with Gasteiger partial charge in [0.1, 0.15) is 6.04 Å². The summed E-state index contributed by atoms with van der Waals surface area (Å²) < 4.78 is 1.86. The Hall–Kier alpha value is -4.65. The fourth-order valence-corrected chi connectivity index (χ4v) is 5.89. The lowest BCUT2D eigenvalue weighted by Crippen LogP contribution is -2.55. The maximum atomic E-state index is 13.4. The summed E-state index contributed by atoms with van der Waals surface area (Å²) >= 11 is 0. The number of carbonyl (C=O) groups excluding carboxylic acids is 6. The van der Waals surface area contributed by atoms with Crippen LogP contribution in [0.15, 0.2) is 42.9 Å². The summed E-state index contributed by atoms with van der Waals surface area (Å²) in [4.78, 5) is 91.5. The average Bonchev–Trinajstić information content (AvgIpc) is 3.62. The van der Waals surface area contributed by atoms with Gasteiger partial charge in [0.15, 0.2) is 6.04 Å². The zero-order valence-corrected chi connectivity index (χ0v) is 33.4. The van der Waals surface area contributed by atoms with E-state index < -0.39 is 60.1 Å². The van der Waals surface area contributed by atoms with Crippen molar-refractivity contribution in [2.75, 3.05) is 19.3 Å². The number of hydrogen-bond acceptors (Lipinski definition) is 8. The first-order chi connectivity index (χ1) is 25.9. The average molecular weight is 774 g/mol. The van der Waals surface area contributed by atoms with E-state index in [1.54, 1.807) is 44.6 Å². The van der Waals surface area contributed by atoms with Crippen molar-refractivity contribution in [1.29, 1.82) is 0 Å². The van der Waals surface area contributed by atoms with Crippen molar-refractivity contribution < 1.29 is 38.7 Å². The van der Waals surface area contributed by atoms with Crippen molar-refractivity contribution >= 4 is 50.0 Å². The molecule has 1 aliphatic rings.